The number of carbonyl (C=O) groups excluding carboxylic acids is 1. The number of aromatic amines is 1. The van der Waals surface area contributed by atoms with Crippen molar-refractivity contribution in [2.75, 3.05) is 13.1 Å². The van der Waals surface area contributed by atoms with Crippen LogP contribution in [0.5, 0.6) is 0 Å². The number of nitrogens with one attached hydrogen (secondary N) is 1. The number of halogens is 3. The summed E-state index contributed by atoms with van der Waals surface area (Å²) in [6.45, 7) is 0.565. The molecule has 7 heteroatoms. The Bertz CT molecular complexity index is 718. The molecule has 0 radical (unpaired) electrons. The topological polar surface area (TPSA) is 56.3 Å². The van der Waals surface area contributed by atoms with Crippen LogP contribution in [0.2, 0.25) is 0 Å². The van der Waals surface area contributed by atoms with E-state index in [1.807, 2.05) is 0 Å². The molecule has 1 aromatic heterocycles. The summed E-state index contributed by atoms with van der Waals surface area (Å²) in [5.41, 5.74) is -1.43. The second kappa shape index (κ2) is 5.98. The third-order valence-electron chi connectivity index (χ3n) is 4.43. The summed E-state index contributed by atoms with van der Waals surface area (Å²) in [5, 5.41) is 10.7. The standard InChI is InChI=1S/C17H17F3N2O2/c18-17(19,20)13-4-1-3-12(11-13)16(24)6-9-22(10-7-16)15(23)14-5-2-8-21-14/h1-5,8,11,21,24H,6-7,9-10H2. The van der Waals surface area contributed by atoms with Crippen molar-refractivity contribution in [1.82, 2.24) is 9.88 Å². The van der Waals surface area contributed by atoms with E-state index < -0.39 is 17.3 Å². The molecule has 1 saturated heterocycles. The van der Waals surface area contributed by atoms with Crippen molar-refractivity contribution in [1.29, 1.82) is 0 Å². The van der Waals surface area contributed by atoms with Gasteiger partial charge >= 0.3 is 6.18 Å². The SMILES string of the molecule is O=C(c1ccc[nH]1)N1CCC(O)(c2cccc(C(F)(F)F)c2)CC1. The zero-order valence-electron chi connectivity index (χ0n) is 12.8. The third kappa shape index (κ3) is 3.17. The summed E-state index contributed by atoms with van der Waals surface area (Å²) in [6.07, 6.45) is -2.41. The first-order valence-corrected chi connectivity index (χ1v) is 7.62. The number of hydrogen-bond acceptors (Lipinski definition) is 2. The van der Waals surface area contributed by atoms with Crippen LogP contribution in [0.3, 0.4) is 0 Å². The molecule has 1 aliphatic heterocycles. The number of H-pyrrole nitrogens is 1. The lowest BCUT2D eigenvalue weighted by Crippen LogP contribution is -2.45. The molecule has 0 atom stereocenters. The highest BCUT2D eigenvalue weighted by Crippen LogP contribution is 2.36. The third-order valence-corrected chi connectivity index (χ3v) is 4.43. The average Bonchev–Trinajstić information content (AvgIpc) is 3.09. The predicted molar refractivity (Wildman–Crippen MR) is 81.3 cm³/mol. The van der Waals surface area contributed by atoms with Crippen molar-refractivity contribution in [3.05, 3.63) is 59.4 Å². The van der Waals surface area contributed by atoms with E-state index in [-0.39, 0.29) is 37.4 Å². The van der Waals surface area contributed by atoms with E-state index in [1.165, 1.54) is 12.1 Å². The zero-order chi connectivity index (χ0) is 17.4. The highest BCUT2D eigenvalue weighted by Gasteiger charge is 2.38. The van der Waals surface area contributed by atoms with E-state index in [0.717, 1.165) is 12.1 Å². The molecule has 0 aliphatic carbocycles. The maximum absolute atomic E-state index is 12.8. The summed E-state index contributed by atoms with van der Waals surface area (Å²) in [6, 6.07) is 8.15. The smallest absolute Gasteiger partial charge is 0.385 e. The Morgan fingerprint density at radius 3 is 2.46 bits per heavy atom. The Labute approximate surface area is 136 Å². The van der Waals surface area contributed by atoms with Gasteiger partial charge in [-0.25, -0.2) is 0 Å². The lowest BCUT2D eigenvalue weighted by molar-refractivity contribution is -0.137. The van der Waals surface area contributed by atoms with Gasteiger partial charge < -0.3 is 15.0 Å². The number of hydrogen-bond donors (Lipinski definition) is 2. The van der Waals surface area contributed by atoms with Gasteiger partial charge in [-0.15, -0.1) is 0 Å². The highest BCUT2D eigenvalue weighted by atomic mass is 19.4. The fourth-order valence-electron chi connectivity index (χ4n) is 2.99. The molecule has 1 aromatic carbocycles. The van der Waals surface area contributed by atoms with Gasteiger partial charge in [-0.3, -0.25) is 4.79 Å². The lowest BCUT2D eigenvalue weighted by Gasteiger charge is -2.38. The predicted octanol–water partition coefficient (Wildman–Crippen LogP) is 3.16. The van der Waals surface area contributed by atoms with Crippen LogP contribution in [-0.2, 0) is 11.8 Å². The molecule has 1 aliphatic rings. The van der Waals surface area contributed by atoms with Gasteiger partial charge in [0.05, 0.1) is 11.2 Å². The summed E-state index contributed by atoms with van der Waals surface area (Å²) < 4.78 is 38.5. The second-order valence-electron chi connectivity index (χ2n) is 5.99. The second-order valence-corrected chi connectivity index (χ2v) is 5.99. The molecule has 3 rings (SSSR count). The van der Waals surface area contributed by atoms with Crippen LogP contribution >= 0.6 is 0 Å². The van der Waals surface area contributed by atoms with E-state index in [9.17, 15) is 23.1 Å². The van der Waals surface area contributed by atoms with Gasteiger partial charge in [0.25, 0.3) is 5.91 Å². The normalized spacial score (nSPS) is 17.8. The largest absolute Gasteiger partial charge is 0.416 e. The Morgan fingerprint density at radius 2 is 1.88 bits per heavy atom. The first kappa shape index (κ1) is 16.6. The molecule has 0 spiro atoms. The van der Waals surface area contributed by atoms with Crippen LogP contribution in [-0.4, -0.2) is 34.0 Å². The molecule has 24 heavy (non-hydrogen) atoms. The Morgan fingerprint density at radius 1 is 1.17 bits per heavy atom. The summed E-state index contributed by atoms with van der Waals surface area (Å²) in [5.74, 6) is -0.175. The Kier molecular flexibility index (Phi) is 4.13. The van der Waals surface area contributed by atoms with E-state index in [1.54, 1.807) is 23.2 Å². The first-order valence-electron chi connectivity index (χ1n) is 7.62. The van der Waals surface area contributed by atoms with Gasteiger partial charge in [0.15, 0.2) is 0 Å². The van der Waals surface area contributed by atoms with Crippen LogP contribution in [0.4, 0.5) is 13.2 Å². The minimum absolute atomic E-state index is 0.175. The van der Waals surface area contributed by atoms with Crippen LogP contribution in [0.25, 0.3) is 0 Å². The van der Waals surface area contributed by atoms with E-state index >= 15 is 0 Å². The van der Waals surface area contributed by atoms with Crippen molar-refractivity contribution in [3.63, 3.8) is 0 Å². The van der Waals surface area contributed by atoms with Crippen molar-refractivity contribution < 1.29 is 23.1 Å². The average molecular weight is 338 g/mol. The minimum Gasteiger partial charge on any atom is -0.385 e. The Hall–Kier alpha value is -2.28. The van der Waals surface area contributed by atoms with E-state index in [2.05, 4.69) is 4.98 Å². The monoisotopic (exact) mass is 338 g/mol. The number of benzene rings is 1. The molecule has 128 valence electrons. The van der Waals surface area contributed by atoms with Crippen molar-refractivity contribution in [3.8, 4) is 0 Å². The van der Waals surface area contributed by atoms with E-state index in [4.69, 9.17) is 0 Å². The molecule has 1 amide bonds. The summed E-state index contributed by atoms with van der Waals surface area (Å²) >= 11 is 0. The van der Waals surface area contributed by atoms with Gasteiger partial charge in [0.1, 0.15) is 5.69 Å². The molecule has 0 saturated carbocycles. The number of aliphatic hydroxyl groups is 1. The van der Waals surface area contributed by atoms with Crippen LogP contribution in [0, 0.1) is 0 Å². The highest BCUT2D eigenvalue weighted by molar-refractivity contribution is 5.92. The van der Waals surface area contributed by atoms with Crippen molar-refractivity contribution in [2.45, 2.75) is 24.6 Å². The van der Waals surface area contributed by atoms with Gasteiger partial charge in [0, 0.05) is 19.3 Å². The molecule has 0 unspecified atom stereocenters. The van der Waals surface area contributed by atoms with Gasteiger partial charge in [-0.1, -0.05) is 12.1 Å². The van der Waals surface area contributed by atoms with Crippen LogP contribution in [0.1, 0.15) is 34.5 Å². The fraction of sp³-hybridized carbons (Fsp3) is 0.353. The van der Waals surface area contributed by atoms with Gasteiger partial charge in [0.2, 0.25) is 0 Å². The van der Waals surface area contributed by atoms with Gasteiger partial charge in [-0.05, 0) is 42.7 Å². The van der Waals surface area contributed by atoms with Crippen molar-refractivity contribution in [2.24, 2.45) is 0 Å². The quantitative estimate of drug-likeness (QED) is 0.884. The van der Waals surface area contributed by atoms with Crippen LogP contribution < -0.4 is 0 Å². The number of amides is 1. The maximum atomic E-state index is 12.8. The number of carbonyl (C=O) groups is 1. The molecule has 2 aromatic rings. The Balaban J connectivity index is 1.74. The first-order chi connectivity index (χ1) is 11.3. The van der Waals surface area contributed by atoms with Crippen LogP contribution in [0.15, 0.2) is 42.6 Å². The zero-order valence-corrected chi connectivity index (χ0v) is 12.8. The fourth-order valence-corrected chi connectivity index (χ4v) is 2.99. The number of alkyl halides is 3. The summed E-state index contributed by atoms with van der Waals surface area (Å²) in [4.78, 5) is 16.7. The number of rotatable bonds is 2. The van der Waals surface area contributed by atoms with Gasteiger partial charge in [-0.2, -0.15) is 13.2 Å². The molecule has 1 fully saturated rings. The molecule has 2 N–H and O–H groups in total. The lowest BCUT2D eigenvalue weighted by atomic mass is 9.83. The summed E-state index contributed by atoms with van der Waals surface area (Å²) in [7, 11) is 0. The minimum atomic E-state index is -4.45. The molecule has 0 bridgehead atoms. The number of piperidine rings is 1. The molecule has 4 nitrogen and oxygen atoms in total. The number of nitrogens with zero attached hydrogens (tertiary/aromatic N) is 1. The van der Waals surface area contributed by atoms with E-state index in [0.29, 0.717) is 5.69 Å². The number of likely N-dealkylation sites (tertiary alicyclic amines) is 1. The number of aromatic nitrogens is 1. The molecular formula is C17H17F3N2O2. The molecular weight excluding hydrogens is 321 g/mol. The maximum Gasteiger partial charge on any atom is 0.416 e. The molecule has 2 heterocycles. The van der Waals surface area contributed by atoms with Crippen molar-refractivity contribution >= 4 is 5.91 Å².